The minimum Gasteiger partial charge on any atom is -0.507 e. The lowest BCUT2D eigenvalue weighted by molar-refractivity contribution is 0.0694. The first kappa shape index (κ1) is 14.4. The topological polar surface area (TPSA) is 110 Å². The van der Waals surface area contributed by atoms with Crippen LogP contribution in [0.15, 0.2) is 42.5 Å². The molecule has 0 atom stereocenters. The zero-order valence-electron chi connectivity index (χ0n) is 10.5. The molecule has 0 aromatic heterocycles. The number of hydrogen-bond acceptors (Lipinski definition) is 4. The molecule has 6 N–H and O–H groups in total. The van der Waals surface area contributed by atoms with E-state index in [1.54, 1.807) is 0 Å². The van der Waals surface area contributed by atoms with Crippen molar-refractivity contribution in [1.29, 1.82) is 0 Å². The molecule has 0 amide bonds. The molecule has 2 rings (SSSR count). The third-order valence-electron chi connectivity index (χ3n) is 2.44. The highest BCUT2D eigenvalue weighted by Crippen LogP contribution is 2.19. The normalized spacial score (nSPS) is 9.32. The zero-order valence-corrected chi connectivity index (χ0v) is 10.5. The maximum Gasteiger partial charge on any atom is 0.339 e. The maximum absolute atomic E-state index is 10.3. The zero-order chi connectivity index (χ0) is 14.4. The van der Waals surface area contributed by atoms with Gasteiger partial charge in [0, 0.05) is 17.4 Å². The molecule has 0 saturated heterocycles. The lowest BCUT2D eigenvalue weighted by atomic mass is 10.2. The van der Waals surface area contributed by atoms with E-state index in [2.05, 4.69) is 0 Å². The molecule has 5 nitrogen and oxygen atoms in total. The second-order valence-electron chi connectivity index (χ2n) is 3.94. The van der Waals surface area contributed by atoms with Crippen molar-refractivity contribution in [2.45, 2.75) is 6.92 Å². The number of aromatic hydroxyl groups is 1. The Morgan fingerprint density at radius 2 is 1.74 bits per heavy atom. The van der Waals surface area contributed by atoms with E-state index >= 15 is 0 Å². The van der Waals surface area contributed by atoms with Gasteiger partial charge in [0.15, 0.2) is 0 Å². The van der Waals surface area contributed by atoms with Crippen LogP contribution < -0.4 is 11.5 Å². The molecule has 0 saturated carbocycles. The number of nitrogen functional groups attached to an aromatic ring is 2. The number of benzene rings is 2. The van der Waals surface area contributed by atoms with Crippen LogP contribution in [0.5, 0.6) is 5.75 Å². The third kappa shape index (κ3) is 4.23. The molecule has 100 valence electrons. The number of phenols is 1. The minimum absolute atomic E-state index is 0.140. The van der Waals surface area contributed by atoms with Gasteiger partial charge in [0.05, 0.1) is 0 Å². The molecule has 0 aliphatic rings. The molecule has 0 bridgehead atoms. The average Bonchev–Trinajstić information content (AvgIpc) is 2.33. The molecular weight excluding hydrogens is 244 g/mol. The quantitative estimate of drug-likeness (QED) is 0.588. The number of carboxylic acids is 1. The maximum atomic E-state index is 10.3. The Bertz CT molecular complexity index is 562. The molecule has 19 heavy (non-hydrogen) atoms. The molecule has 0 fully saturated rings. The summed E-state index contributed by atoms with van der Waals surface area (Å²) in [6.07, 6.45) is 0. The highest BCUT2D eigenvalue weighted by Gasteiger charge is 2.07. The van der Waals surface area contributed by atoms with Crippen LogP contribution in [0, 0.1) is 6.92 Å². The van der Waals surface area contributed by atoms with Crippen molar-refractivity contribution in [3.63, 3.8) is 0 Å². The first-order valence-electron chi connectivity index (χ1n) is 5.54. The second kappa shape index (κ2) is 6.30. The van der Waals surface area contributed by atoms with E-state index in [9.17, 15) is 4.79 Å². The van der Waals surface area contributed by atoms with E-state index in [0.29, 0.717) is 5.69 Å². The highest BCUT2D eigenvalue weighted by molar-refractivity contribution is 5.91. The van der Waals surface area contributed by atoms with Gasteiger partial charge in [-0.05, 0) is 30.7 Å². The largest absolute Gasteiger partial charge is 0.507 e. The fraction of sp³-hybridized carbons (Fsp3) is 0.0714. The SMILES string of the molecule is Cc1ccccc1N.Nc1ccc(C(=O)O)c(O)c1. The number of nitrogens with two attached hydrogens (primary N) is 2. The number of hydrogen-bond donors (Lipinski definition) is 4. The summed E-state index contributed by atoms with van der Waals surface area (Å²) in [5.41, 5.74) is 13.0. The predicted octanol–water partition coefficient (Wildman–Crippen LogP) is 2.25. The van der Waals surface area contributed by atoms with Gasteiger partial charge >= 0.3 is 5.97 Å². The van der Waals surface area contributed by atoms with Gasteiger partial charge in [-0.1, -0.05) is 18.2 Å². The fourth-order valence-electron chi connectivity index (χ4n) is 1.32. The summed E-state index contributed by atoms with van der Waals surface area (Å²) in [5, 5.41) is 17.5. The number of carboxylic acid groups (broad SMARTS) is 1. The molecule has 0 unspecified atom stereocenters. The van der Waals surface area contributed by atoms with E-state index in [0.717, 1.165) is 11.3 Å². The second-order valence-corrected chi connectivity index (χ2v) is 3.94. The molecule has 0 aliphatic carbocycles. The highest BCUT2D eigenvalue weighted by atomic mass is 16.4. The van der Waals surface area contributed by atoms with Crippen LogP contribution >= 0.6 is 0 Å². The average molecular weight is 260 g/mol. The standard InChI is InChI=1S/C7H7NO3.C7H9N/c8-4-1-2-5(7(10)11)6(9)3-4;1-6-4-2-3-5-7(6)8/h1-3,9H,8H2,(H,10,11);2-5H,8H2,1H3. The van der Waals surface area contributed by atoms with Gasteiger partial charge in [-0.2, -0.15) is 0 Å². The van der Waals surface area contributed by atoms with Crippen LogP contribution in [0.4, 0.5) is 11.4 Å². The molecule has 0 aliphatic heterocycles. The van der Waals surface area contributed by atoms with Crippen LogP contribution in [0.2, 0.25) is 0 Å². The van der Waals surface area contributed by atoms with Gasteiger partial charge in [0.1, 0.15) is 11.3 Å². The summed E-state index contributed by atoms with van der Waals surface area (Å²) in [7, 11) is 0. The molecule has 0 radical (unpaired) electrons. The Hall–Kier alpha value is -2.69. The Morgan fingerprint density at radius 3 is 2.16 bits per heavy atom. The van der Waals surface area contributed by atoms with Crippen molar-refractivity contribution in [2.75, 3.05) is 11.5 Å². The third-order valence-corrected chi connectivity index (χ3v) is 2.44. The van der Waals surface area contributed by atoms with Crippen molar-refractivity contribution in [3.05, 3.63) is 53.6 Å². The monoisotopic (exact) mass is 260 g/mol. The molecule has 2 aromatic carbocycles. The van der Waals surface area contributed by atoms with Crippen molar-refractivity contribution in [3.8, 4) is 5.75 Å². The Morgan fingerprint density at radius 1 is 1.11 bits per heavy atom. The summed E-state index contributed by atoms with van der Waals surface area (Å²) in [6.45, 7) is 2.00. The van der Waals surface area contributed by atoms with Crippen LogP contribution in [-0.4, -0.2) is 16.2 Å². The number of anilines is 2. The summed E-state index contributed by atoms with van der Waals surface area (Å²) in [4.78, 5) is 10.3. The van der Waals surface area contributed by atoms with Gasteiger partial charge in [-0.25, -0.2) is 4.79 Å². The molecule has 0 spiro atoms. The molecule has 0 heterocycles. The number of para-hydroxylation sites is 1. The Kier molecular flexibility index (Phi) is 4.76. The smallest absolute Gasteiger partial charge is 0.339 e. The number of aryl methyl sites for hydroxylation is 1. The van der Waals surface area contributed by atoms with E-state index in [1.807, 2.05) is 31.2 Å². The molecular formula is C14H16N2O3. The van der Waals surface area contributed by atoms with E-state index in [1.165, 1.54) is 18.2 Å². The van der Waals surface area contributed by atoms with Crippen molar-refractivity contribution in [1.82, 2.24) is 0 Å². The number of carbonyl (C=O) groups is 1. The van der Waals surface area contributed by atoms with Crippen molar-refractivity contribution >= 4 is 17.3 Å². The lowest BCUT2D eigenvalue weighted by Gasteiger charge is -1.98. The lowest BCUT2D eigenvalue weighted by Crippen LogP contribution is -1.97. The van der Waals surface area contributed by atoms with E-state index < -0.39 is 5.97 Å². The molecule has 2 aromatic rings. The Balaban J connectivity index is 0.000000200. The number of rotatable bonds is 1. The van der Waals surface area contributed by atoms with E-state index in [-0.39, 0.29) is 11.3 Å². The summed E-state index contributed by atoms with van der Waals surface area (Å²) in [5.74, 6) is -1.47. The van der Waals surface area contributed by atoms with Gasteiger partial charge in [0.2, 0.25) is 0 Å². The van der Waals surface area contributed by atoms with Gasteiger partial charge in [-0.15, -0.1) is 0 Å². The van der Waals surface area contributed by atoms with Gasteiger partial charge in [0.25, 0.3) is 0 Å². The van der Waals surface area contributed by atoms with Crippen molar-refractivity contribution in [2.24, 2.45) is 0 Å². The van der Waals surface area contributed by atoms with Gasteiger partial charge in [-0.3, -0.25) is 0 Å². The van der Waals surface area contributed by atoms with Crippen LogP contribution in [0.3, 0.4) is 0 Å². The molecule has 5 heteroatoms. The first-order chi connectivity index (χ1) is 8.91. The Labute approximate surface area is 111 Å². The van der Waals surface area contributed by atoms with Crippen molar-refractivity contribution < 1.29 is 15.0 Å². The van der Waals surface area contributed by atoms with Crippen LogP contribution in [0.25, 0.3) is 0 Å². The summed E-state index contributed by atoms with van der Waals surface area (Å²) < 4.78 is 0. The van der Waals surface area contributed by atoms with Crippen LogP contribution in [-0.2, 0) is 0 Å². The summed E-state index contributed by atoms with van der Waals surface area (Å²) in [6, 6.07) is 11.7. The fourth-order valence-corrected chi connectivity index (χ4v) is 1.32. The minimum atomic E-state index is -1.16. The first-order valence-corrected chi connectivity index (χ1v) is 5.54. The predicted molar refractivity (Wildman–Crippen MR) is 75.1 cm³/mol. The van der Waals surface area contributed by atoms with Gasteiger partial charge < -0.3 is 21.7 Å². The van der Waals surface area contributed by atoms with Crippen LogP contribution in [0.1, 0.15) is 15.9 Å². The number of aromatic carboxylic acids is 1. The summed E-state index contributed by atoms with van der Waals surface area (Å²) >= 11 is 0. The van der Waals surface area contributed by atoms with E-state index in [4.69, 9.17) is 21.7 Å².